The van der Waals surface area contributed by atoms with Crippen LogP contribution in [0.1, 0.15) is 228 Å². The number of para-hydroxylation sites is 4. The molecule has 12 fully saturated rings. The van der Waals surface area contributed by atoms with Crippen LogP contribution in [-0.4, -0.2) is 250 Å². The van der Waals surface area contributed by atoms with Gasteiger partial charge in [0.1, 0.15) is 46.6 Å². The predicted molar refractivity (Wildman–Crippen MR) is 572 cm³/mol. The molecular formula is C115H147N21O2. The number of ether oxygens (including phenoxy) is 1. The summed E-state index contributed by atoms with van der Waals surface area (Å²) in [5.41, 5.74) is 21.1. The highest BCUT2D eigenvalue weighted by Gasteiger charge is 2.38. The van der Waals surface area contributed by atoms with Crippen LogP contribution in [0.4, 0.5) is 68.8 Å². The number of aliphatic hydroxyl groups excluding tert-OH is 1. The van der Waals surface area contributed by atoms with E-state index in [0.717, 1.165) is 171 Å². The normalized spacial score (nSPS) is 18.8. The molecule has 23 nitrogen and oxygen atoms in total. The van der Waals surface area contributed by atoms with Gasteiger partial charge in [0.15, 0.2) is 0 Å². The third-order valence-corrected chi connectivity index (χ3v) is 32.1. The first kappa shape index (κ1) is 92.9. The van der Waals surface area contributed by atoms with Gasteiger partial charge >= 0.3 is 0 Å². The van der Waals surface area contributed by atoms with Crippen molar-refractivity contribution in [1.82, 2.24) is 44.8 Å². The van der Waals surface area contributed by atoms with E-state index < -0.39 is 0 Å². The smallest absolute Gasteiger partial charge is 0.140 e. The Morgan fingerprint density at radius 3 is 0.761 bits per heavy atom. The molecule has 23 heteroatoms. The van der Waals surface area contributed by atoms with Crippen molar-refractivity contribution in [3.05, 3.63) is 215 Å². The molecule has 0 amide bonds. The molecule has 12 aromatic rings. The molecule has 4 saturated carbocycles. The molecule has 4 aromatic heterocycles. The van der Waals surface area contributed by atoms with Gasteiger partial charge in [-0.3, -0.25) is 0 Å². The molecule has 12 aliphatic rings. The molecule has 8 aliphatic heterocycles. The first-order valence-corrected chi connectivity index (χ1v) is 52.9. The topological polar surface area (TPSA) is 175 Å². The fraction of sp³-hybridized carbons (Fsp3) is 0.513. The van der Waals surface area contributed by atoms with E-state index in [4.69, 9.17) is 44.6 Å². The summed E-state index contributed by atoms with van der Waals surface area (Å²) in [6.07, 6.45) is 24.4. The summed E-state index contributed by atoms with van der Waals surface area (Å²) >= 11 is 0. The van der Waals surface area contributed by atoms with Crippen LogP contribution in [0, 0.1) is 0 Å². The van der Waals surface area contributed by atoms with Gasteiger partial charge in [0.2, 0.25) is 0 Å². The largest absolute Gasteiger partial charge is 0.395 e. The average molecular weight is 1860 g/mol. The summed E-state index contributed by atoms with van der Waals surface area (Å²) in [5, 5.41) is 14.1. The summed E-state index contributed by atoms with van der Waals surface area (Å²) < 4.78 is 5.29. The van der Waals surface area contributed by atoms with Gasteiger partial charge in [0, 0.05) is 263 Å². The molecule has 138 heavy (non-hydrogen) atoms. The van der Waals surface area contributed by atoms with Crippen molar-refractivity contribution in [3.63, 3.8) is 0 Å². The van der Waals surface area contributed by atoms with Gasteiger partial charge in [-0.25, -0.2) is 39.9 Å². The van der Waals surface area contributed by atoms with Crippen LogP contribution >= 0.6 is 0 Å². The molecule has 12 heterocycles. The second-order valence-electron chi connectivity index (χ2n) is 42.0. The highest BCUT2D eigenvalue weighted by Crippen LogP contribution is 2.49. The number of fused-ring (bicyclic) bond motifs is 4. The van der Waals surface area contributed by atoms with E-state index in [2.05, 4.69) is 276 Å². The van der Waals surface area contributed by atoms with Gasteiger partial charge < -0.3 is 73.5 Å². The number of methoxy groups -OCH3 is 1. The number of rotatable bonds is 29. The van der Waals surface area contributed by atoms with Crippen molar-refractivity contribution >= 4 is 112 Å². The Kier molecular flexibility index (Phi) is 28.2. The molecule has 0 atom stereocenters. The Hall–Kier alpha value is -11.4. The Morgan fingerprint density at radius 2 is 0.529 bits per heavy atom. The van der Waals surface area contributed by atoms with E-state index in [-0.39, 0.29) is 6.61 Å². The van der Waals surface area contributed by atoms with E-state index in [9.17, 15) is 5.11 Å². The summed E-state index contributed by atoms with van der Waals surface area (Å²) in [5.74, 6) is 13.4. The summed E-state index contributed by atoms with van der Waals surface area (Å²) in [4.78, 5) is 72.1. The quantitative estimate of drug-likeness (QED) is 0.0468. The lowest BCUT2D eigenvalue weighted by atomic mass is 9.87. The zero-order valence-electron chi connectivity index (χ0n) is 83.4. The predicted octanol–water partition coefficient (Wildman–Crippen LogP) is 20.4. The lowest BCUT2D eigenvalue weighted by Crippen LogP contribution is -2.39. The molecule has 8 aromatic carbocycles. The zero-order valence-corrected chi connectivity index (χ0v) is 83.4. The second kappa shape index (κ2) is 41.9. The third-order valence-electron chi connectivity index (χ3n) is 32.1. The van der Waals surface area contributed by atoms with E-state index >= 15 is 0 Å². The standard InChI is InChI=1S/C30H40N6.C29H37N5O.C28H35N5O.C28H35N5/c1-33(2)19-20-34(3)24-11-12-27-26(21-24)30(32-29(31-27)23-9-10-23)36-17-13-22(14-18-36)25-7-4-5-8-28(25)35-15-6-16-35;1-32(18-19-35-2)23-10-11-26-25(20-23)29(31-28(30-26)22-8-9-22)34-16-12-21(13-17-34)24-6-3-4-7-27(24)33-14-5-15-33;1-31(17-18-34)22-9-10-25-24(19-22)28(30-27(29-25)21-7-8-21)33-15-11-20(12-16-33)23-5-2-3-6-26(23)32-13-4-14-32;1-3-31(2)22-11-12-25-24(19-22)28(30-27(29-25)21-9-10-21)33-17-13-20(14-18-33)23-7-4-5-8-26(23)32-15-6-16-32/h4-5,7-8,11-12,21-23H,6,9-10,13-20H2,1-3H3;3-4,6-7,10-11,20-22H,5,8-9,12-19H2,1-2H3;2-3,5-6,9-10,19-21,34H,4,7-8,11-18H2,1H3;4-5,7-8,11-12,19-21H,3,6,9-10,13-18H2,1-2H3. The van der Waals surface area contributed by atoms with E-state index in [1.807, 2.05) is 7.05 Å². The number of hydrogen-bond acceptors (Lipinski definition) is 23. The maximum absolute atomic E-state index is 9.39. The van der Waals surface area contributed by atoms with Crippen molar-refractivity contribution in [3.8, 4) is 0 Å². The average Bonchev–Trinajstić information content (AvgIpc) is 1.47. The number of aliphatic hydroxyl groups is 1. The van der Waals surface area contributed by atoms with Crippen LogP contribution < -0.4 is 58.8 Å². The first-order chi connectivity index (χ1) is 67.7. The number of hydrogen-bond donors (Lipinski definition) is 1. The molecule has 24 rings (SSSR count). The minimum atomic E-state index is 0.144. The summed E-state index contributed by atoms with van der Waals surface area (Å²) in [6.45, 7) is 25.5. The minimum Gasteiger partial charge on any atom is -0.395 e. The van der Waals surface area contributed by atoms with Crippen LogP contribution in [0.2, 0.25) is 0 Å². The monoisotopic (exact) mass is 1850 g/mol. The number of aromatic nitrogens is 8. The molecule has 0 unspecified atom stereocenters. The Labute approximate surface area is 819 Å². The Bertz CT molecular complexity index is 6190. The molecule has 8 saturated heterocycles. The zero-order chi connectivity index (χ0) is 93.9. The number of piperidine rings is 4. The highest BCUT2D eigenvalue weighted by atomic mass is 16.5. The SMILES string of the molecule is CCN(C)c1ccc2nc(C3CC3)nc(N3CCC(c4ccccc4N4CCC4)CC3)c2c1.CN(C)CCN(C)c1ccc2nc(C3CC3)nc(N3CCC(c4ccccc4N4CCC4)CC3)c2c1.CN(CCO)c1ccc2nc(C3CC3)nc(N3CCC(c4ccccc4N4CCC4)CC3)c2c1.COCCN(C)c1ccc2nc(C3CC3)nc(N3CCC(c4ccccc4N4CCC4)CC3)c2c1. The van der Waals surface area contributed by atoms with Crippen molar-refractivity contribution in [2.75, 3.05) is 259 Å². The van der Waals surface area contributed by atoms with Crippen LogP contribution in [-0.2, 0) is 4.74 Å². The third kappa shape index (κ3) is 20.8. The maximum Gasteiger partial charge on any atom is 0.140 e. The van der Waals surface area contributed by atoms with Crippen LogP contribution in [0.5, 0.6) is 0 Å². The first-order valence-electron chi connectivity index (χ1n) is 52.9. The maximum atomic E-state index is 9.39. The lowest BCUT2D eigenvalue weighted by molar-refractivity contribution is 0.206. The van der Waals surface area contributed by atoms with Gasteiger partial charge in [-0.2, -0.15) is 0 Å². The molecule has 0 bridgehead atoms. The van der Waals surface area contributed by atoms with Gasteiger partial charge in [-0.15, -0.1) is 0 Å². The van der Waals surface area contributed by atoms with Gasteiger partial charge in [-0.05, 0) is 292 Å². The van der Waals surface area contributed by atoms with Crippen LogP contribution in [0.25, 0.3) is 43.6 Å². The van der Waals surface area contributed by atoms with Gasteiger partial charge in [0.05, 0.1) is 35.3 Å². The Morgan fingerprint density at radius 1 is 0.275 bits per heavy atom. The molecule has 1 N–H and O–H groups in total. The summed E-state index contributed by atoms with van der Waals surface area (Å²) in [6, 6.07) is 62.9. The highest BCUT2D eigenvalue weighted by molar-refractivity contribution is 5.96. The van der Waals surface area contributed by atoms with Gasteiger partial charge in [-0.1, -0.05) is 72.8 Å². The summed E-state index contributed by atoms with van der Waals surface area (Å²) in [7, 11) is 14.5. The fourth-order valence-electron chi connectivity index (χ4n) is 22.1. The fourth-order valence-corrected chi connectivity index (χ4v) is 22.1. The lowest BCUT2D eigenvalue weighted by Gasteiger charge is -2.39. The number of likely N-dealkylation sites (N-methyl/N-ethyl adjacent to an activating group) is 4. The van der Waals surface area contributed by atoms with Gasteiger partial charge in [0.25, 0.3) is 0 Å². The van der Waals surface area contributed by atoms with Crippen LogP contribution in [0.15, 0.2) is 170 Å². The van der Waals surface area contributed by atoms with Crippen molar-refractivity contribution in [1.29, 1.82) is 0 Å². The number of benzene rings is 8. The van der Waals surface area contributed by atoms with Crippen molar-refractivity contribution in [2.45, 2.75) is 183 Å². The molecule has 0 radical (unpaired) electrons. The second-order valence-corrected chi connectivity index (χ2v) is 42.0. The van der Waals surface area contributed by atoms with Crippen molar-refractivity contribution in [2.24, 2.45) is 0 Å². The van der Waals surface area contributed by atoms with E-state index in [1.54, 1.807) is 23.8 Å². The molecular weight excluding hydrogens is 1710 g/mol. The van der Waals surface area contributed by atoms with E-state index in [0.29, 0.717) is 60.5 Å². The Balaban J connectivity index is 0.000000110. The number of nitrogens with zero attached hydrogens (tertiary/aromatic N) is 21. The van der Waals surface area contributed by atoms with Crippen molar-refractivity contribution < 1.29 is 9.84 Å². The minimum absolute atomic E-state index is 0.144. The molecule has 4 aliphatic carbocycles. The van der Waals surface area contributed by atoms with Crippen LogP contribution in [0.3, 0.4) is 0 Å². The molecule has 0 spiro atoms. The van der Waals surface area contributed by atoms with E-state index in [1.165, 1.54) is 229 Å². The number of anilines is 12. The molecule has 724 valence electrons.